The lowest BCUT2D eigenvalue weighted by Gasteiger charge is -2.05. The minimum Gasteiger partial charge on any atom is -0.248 e. The molecule has 0 aliphatic heterocycles. The van der Waals surface area contributed by atoms with E-state index < -0.39 is 0 Å². The second-order valence-corrected chi connectivity index (χ2v) is 5.68. The molecule has 1 heterocycles. The standard InChI is InChI=1S/C11H9Br2NS/c1-15-6-7-2-3-8-9(4-7)11(13)14-5-10(8)12/h2-5H,6H2,1H3. The van der Waals surface area contributed by atoms with Crippen LogP contribution in [0.4, 0.5) is 0 Å². The number of rotatable bonds is 2. The van der Waals surface area contributed by atoms with E-state index in [-0.39, 0.29) is 0 Å². The summed E-state index contributed by atoms with van der Waals surface area (Å²) in [6, 6.07) is 6.49. The molecule has 2 aromatic rings. The molecule has 0 fully saturated rings. The minimum absolute atomic E-state index is 0.906. The van der Waals surface area contributed by atoms with Crippen LogP contribution >= 0.6 is 43.6 Å². The summed E-state index contributed by atoms with van der Waals surface area (Å²) in [7, 11) is 0. The van der Waals surface area contributed by atoms with E-state index in [2.05, 4.69) is 61.3 Å². The van der Waals surface area contributed by atoms with Crippen molar-refractivity contribution in [1.29, 1.82) is 0 Å². The molecule has 1 aromatic heterocycles. The number of fused-ring (bicyclic) bond motifs is 1. The second kappa shape index (κ2) is 4.85. The fourth-order valence-electron chi connectivity index (χ4n) is 1.48. The average Bonchev–Trinajstić information content (AvgIpc) is 2.24. The lowest BCUT2D eigenvalue weighted by atomic mass is 10.1. The summed E-state index contributed by atoms with van der Waals surface area (Å²) in [5.41, 5.74) is 1.33. The highest BCUT2D eigenvalue weighted by atomic mass is 79.9. The molecular formula is C11H9Br2NS. The van der Waals surface area contributed by atoms with E-state index in [1.54, 1.807) is 0 Å². The van der Waals surface area contributed by atoms with Crippen molar-refractivity contribution in [2.24, 2.45) is 0 Å². The number of thioether (sulfide) groups is 1. The first kappa shape index (κ1) is 11.4. The van der Waals surface area contributed by atoms with Gasteiger partial charge < -0.3 is 0 Å². The van der Waals surface area contributed by atoms with Crippen molar-refractivity contribution in [2.45, 2.75) is 5.75 Å². The first-order valence-electron chi connectivity index (χ1n) is 4.44. The molecule has 0 saturated carbocycles. The van der Waals surface area contributed by atoms with E-state index in [0.29, 0.717) is 0 Å². The number of nitrogens with zero attached hydrogens (tertiary/aromatic N) is 1. The summed E-state index contributed by atoms with van der Waals surface area (Å²) in [5.74, 6) is 1.04. The van der Waals surface area contributed by atoms with Crippen molar-refractivity contribution >= 4 is 54.4 Å². The van der Waals surface area contributed by atoms with Crippen molar-refractivity contribution in [3.05, 3.63) is 39.0 Å². The molecule has 0 saturated heterocycles. The van der Waals surface area contributed by atoms with E-state index in [1.807, 2.05) is 18.0 Å². The summed E-state index contributed by atoms with van der Waals surface area (Å²) in [6.45, 7) is 0. The summed E-state index contributed by atoms with van der Waals surface area (Å²) >= 11 is 8.81. The van der Waals surface area contributed by atoms with Crippen LogP contribution in [-0.2, 0) is 5.75 Å². The number of benzene rings is 1. The van der Waals surface area contributed by atoms with Gasteiger partial charge >= 0.3 is 0 Å². The highest BCUT2D eigenvalue weighted by molar-refractivity contribution is 9.11. The molecule has 0 bridgehead atoms. The molecule has 15 heavy (non-hydrogen) atoms. The molecule has 4 heteroatoms. The molecular weight excluding hydrogens is 338 g/mol. The Morgan fingerprint density at radius 3 is 2.80 bits per heavy atom. The van der Waals surface area contributed by atoms with Crippen LogP contribution in [0.3, 0.4) is 0 Å². The Morgan fingerprint density at radius 1 is 1.27 bits per heavy atom. The molecule has 0 spiro atoms. The van der Waals surface area contributed by atoms with Gasteiger partial charge in [-0.1, -0.05) is 12.1 Å². The van der Waals surface area contributed by atoms with Crippen LogP contribution in [-0.4, -0.2) is 11.2 Å². The third-order valence-electron chi connectivity index (χ3n) is 2.17. The van der Waals surface area contributed by atoms with Gasteiger partial charge in [0.15, 0.2) is 0 Å². The van der Waals surface area contributed by atoms with Gasteiger partial charge in [0.1, 0.15) is 4.60 Å². The van der Waals surface area contributed by atoms with Gasteiger partial charge in [0.2, 0.25) is 0 Å². The van der Waals surface area contributed by atoms with E-state index in [1.165, 1.54) is 10.9 Å². The van der Waals surface area contributed by atoms with Crippen molar-refractivity contribution in [1.82, 2.24) is 4.98 Å². The quantitative estimate of drug-likeness (QED) is 0.735. The smallest absolute Gasteiger partial charge is 0.113 e. The van der Waals surface area contributed by atoms with Gasteiger partial charge in [0, 0.05) is 27.2 Å². The third-order valence-corrected chi connectivity index (χ3v) is 4.05. The zero-order chi connectivity index (χ0) is 10.8. The van der Waals surface area contributed by atoms with Crippen LogP contribution in [0, 0.1) is 0 Å². The molecule has 0 N–H and O–H groups in total. The first-order chi connectivity index (χ1) is 7.22. The Labute approximate surface area is 110 Å². The van der Waals surface area contributed by atoms with Crippen molar-refractivity contribution < 1.29 is 0 Å². The summed E-state index contributed by atoms with van der Waals surface area (Å²) < 4.78 is 1.94. The maximum Gasteiger partial charge on any atom is 0.113 e. The number of pyridine rings is 1. The van der Waals surface area contributed by atoms with Gasteiger partial charge in [-0.3, -0.25) is 0 Å². The van der Waals surface area contributed by atoms with E-state index in [4.69, 9.17) is 0 Å². The zero-order valence-electron chi connectivity index (χ0n) is 8.13. The van der Waals surface area contributed by atoms with Gasteiger partial charge in [0.05, 0.1) is 0 Å². The number of aromatic nitrogens is 1. The Morgan fingerprint density at radius 2 is 2.07 bits per heavy atom. The van der Waals surface area contributed by atoms with E-state index in [0.717, 1.165) is 20.2 Å². The predicted molar refractivity (Wildman–Crippen MR) is 74.4 cm³/mol. The van der Waals surface area contributed by atoms with Crippen molar-refractivity contribution in [2.75, 3.05) is 6.26 Å². The van der Waals surface area contributed by atoms with Crippen molar-refractivity contribution in [3.8, 4) is 0 Å². The van der Waals surface area contributed by atoms with E-state index in [9.17, 15) is 0 Å². The lowest BCUT2D eigenvalue weighted by molar-refractivity contribution is 1.29. The topological polar surface area (TPSA) is 12.9 Å². The molecule has 1 nitrogen and oxygen atoms in total. The van der Waals surface area contributed by atoms with Gasteiger partial charge in [-0.15, -0.1) is 0 Å². The lowest BCUT2D eigenvalue weighted by Crippen LogP contribution is -1.85. The van der Waals surface area contributed by atoms with Crippen LogP contribution in [0.1, 0.15) is 5.56 Å². The number of hydrogen-bond donors (Lipinski definition) is 0. The molecule has 0 aliphatic rings. The normalized spacial score (nSPS) is 10.9. The van der Waals surface area contributed by atoms with Crippen molar-refractivity contribution in [3.63, 3.8) is 0 Å². The van der Waals surface area contributed by atoms with Crippen LogP contribution in [0.5, 0.6) is 0 Å². The fourth-order valence-corrected chi connectivity index (χ4v) is 2.87. The Bertz CT molecular complexity index is 499. The van der Waals surface area contributed by atoms with Gasteiger partial charge in [-0.05, 0) is 49.7 Å². The summed E-state index contributed by atoms with van der Waals surface area (Å²) in [5, 5.41) is 2.36. The summed E-state index contributed by atoms with van der Waals surface area (Å²) in [4.78, 5) is 4.27. The number of hydrogen-bond acceptors (Lipinski definition) is 2. The van der Waals surface area contributed by atoms with Gasteiger partial charge in [0.25, 0.3) is 0 Å². The first-order valence-corrected chi connectivity index (χ1v) is 7.42. The Hall–Kier alpha value is -0.0600. The second-order valence-electron chi connectivity index (χ2n) is 3.21. The molecule has 0 atom stereocenters. The maximum absolute atomic E-state index is 4.27. The van der Waals surface area contributed by atoms with Crippen LogP contribution < -0.4 is 0 Å². The van der Waals surface area contributed by atoms with Crippen LogP contribution in [0.15, 0.2) is 33.5 Å². The fraction of sp³-hybridized carbons (Fsp3) is 0.182. The molecule has 2 rings (SSSR count). The molecule has 78 valence electrons. The molecule has 0 amide bonds. The SMILES string of the molecule is CSCc1ccc2c(Br)cnc(Br)c2c1. The average molecular weight is 347 g/mol. The van der Waals surface area contributed by atoms with Crippen LogP contribution in [0.25, 0.3) is 10.8 Å². The molecule has 0 unspecified atom stereocenters. The largest absolute Gasteiger partial charge is 0.248 e. The van der Waals surface area contributed by atoms with Crippen LogP contribution in [0.2, 0.25) is 0 Å². The van der Waals surface area contributed by atoms with Gasteiger partial charge in [-0.25, -0.2) is 4.98 Å². The van der Waals surface area contributed by atoms with Gasteiger partial charge in [-0.2, -0.15) is 11.8 Å². The maximum atomic E-state index is 4.27. The molecule has 0 radical (unpaired) electrons. The monoisotopic (exact) mass is 345 g/mol. The molecule has 0 aliphatic carbocycles. The summed E-state index contributed by atoms with van der Waals surface area (Å²) in [6.07, 6.45) is 3.93. The Kier molecular flexibility index (Phi) is 3.69. The van der Waals surface area contributed by atoms with E-state index >= 15 is 0 Å². The highest BCUT2D eigenvalue weighted by Gasteiger charge is 2.04. The Balaban J connectivity index is 2.65. The zero-order valence-corrected chi connectivity index (χ0v) is 12.1. The molecule has 1 aromatic carbocycles. The third kappa shape index (κ3) is 2.37. The minimum atomic E-state index is 0.906. The number of halogens is 2. The predicted octanol–water partition coefficient (Wildman–Crippen LogP) is 4.62. The highest BCUT2D eigenvalue weighted by Crippen LogP contribution is 2.29.